The molecule has 0 saturated carbocycles. The van der Waals surface area contributed by atoms with Crippen LogP contribution in [0.25, 0.3) is 0 Å². The third-order valence-corrected chi connectivity index (χ3v) is 1.54. The molecule has 72 valence electrons. The average Bonchev–Trinajstić information content (AvgIpc) is 2.00. The Labute approximate surface area is 74.5 Å². The molecule has 0 aliphatic carbocycles. The van der Waals surface area contributed by atoms with Gasteiger partial charge in [0, 0.05) is 6.54 Å². The lowest BCUT2D eigenvalue weighted by Crippen LogP contribution is -2.30. The molecule has 0 aliphatic heterocycles. The summed E-state index contributed by atoms with van der Waals surface area (Å²) in [5.41, 5.74) is 0. The van der Waals surface area contributed by atoms with E-state index in [-0.39, 0.29) is 12.2 Å². The molecular weight excluding hydrogens is 154 g/mol. The average molecular weight is 173 g/mol. The minimum Gasteiger partial charge on any atom is -0.447 e. The van der Waals surface area contributed by atoms with Crippen LogP contribution in [0.5, 0.6) is 0 Å². The summed E-state index contributed by atoms with van der Waals surface area (Å²) in [5.74, 6) is 0.467. The second-order valence-corrected chi connectivity index (χ2v) is 3.40. The molecule has 3 nitrogen and oxygen atoms in total. The summed E-state index contributed by atoms with van der Waals surface area (Å²) >= 11 is 0. The molecule has 0 saturated heterocycles. The van der Waals surface area contributed by atoms with E-state index in [0.717, 1.165) is 6.42 Å². The highest BCUT2D eigenvalue weighted by Gasteiger charge is 2.06. The van der Waals surface area contributed by atoms with E-state index in [1.54, 1.807) is 0 Å². The summed E-state index contributed by atoms with van der Waals surface area (Å²) in [6, 6.07) is 0. The number of rotatable bonds is 4. The van der Waals surface area contributed by atoms with Gasteiger partial charge < -0.3 is 10.1 Å². The zero-order valence-corrected chi connectivity index (χ0v) is 8.39. The van der Waals surface area contributed by atoms with E-state index in [2.05, 4.69) is 5.32 Å². The van der Waals surface area contributed by atoms with Gasteiger partial charge in [-0.2, -0.15) is 0 Å². The van der Waals surface area contributed by atoms with Crippen LogP contribution < -0.4 is 5.32 Å². The van der Waals surface area contributed by atoms with Crippen LogP contribution >= 0.6 is 0 Å². The normalized spacial score (nSPS) is 12.8. The maximum absolute atomic E-state index is 11.0. The minimum absolute atomic E-state index is 0.0113. The molecule has 1 unspecified atom stereocenters. The highest BCUT2D eigenvalue weighted by molar-refractivity contribution is 5.67. The second-order valence-electron chi connectivity index (χ2n) is 3.40. The Morgan fingerprint density at radius 3 is 2.42 bits per heavy atom. The quantitative estimate of drug-likeness (QED) is 0.707. The number of ether oxygens (including phenoxy) is 1. The van der Waals surface area contributed by atoms with Crippen molar-refractivity contribution in [1.82, 2.24) is 5.32 Å². The van der Waals surface area contributed by atoms with Gasteiger partial charge in [-0.1, -0.05) is 20.8 Å². The molecule has 12 heavy (non-hydrogen) atoms. The number of nitrogens with one attached hydrogen (secondary N) is 1. The van der Waals surface area contributed by atoms with Crippen LogP contribution in [0.3, 0.4) is 0 Å². The first-order valence-corrected chi connectivity index (χ1v) is 4.50. The van der Waals surface area contributed by atoms with Crippen LogP contribution in [-0.4, -0.2) is 18.7 Å². The Balaban J connectivity index is 3.46. The van der Waals surface area contributed by atoms with Crippen molar-refractivity contribution in [2.75, 3.05) is 6.54 Å². The summed E-state index contributed by atoms with van der Waals surface area (Å²) < 4.78 is 5.00. The van der Waals surface area contributed by atoms with Crippen LogP contribution in [0.4, 0.5) is 4.79 Å². The molecule has 0 heterocycles. The maximum Gasteiger partial charge on any atom is 0.407 e. The van der Waals surface area contributed by atoms with Gasteiger partial charge in [0.05, 0.1) is 0 Å². The largest absolute Gasteiger partial charge is 0.447 e. The molecule has 0 fully saturated rings. The van der Waals surface area contributed by atoms with Gasteiger partial charge in [0.1, 0.15) is 6.10 Å². The van der Waals surface area contributed by atoms with Crippen LogP contribution in [0.15, 0.2) is 0 Å². The van der Waals surface area contributed by atoms with E-state index in [9.17, 15) is 4.79 Å². The SMILES string of the molecule is CCC(C)OC(=O)NCC(C)C. The highest BCUT2D eigenvalue weighted by Crippen LogP contribution is 1.96. The molecule has 0 aromatic heterocycles. The van der Waals surface area contributed by atoms with Gasteiger partial charge in [-0.05, 0) is 19.3 Å². The molecule has 0 aliphatic rings. The zero-order valence-electron chi connectivity index (χ0n) is 8.39. The lowest BCUT2D eigenvalue weighted by molar-refractivity contribution is 0.104. The van der Waals surface area contributed by atoms with Gasteiger partial charge in [0.15, 0.2) is 0 Å². The van der Waals surface area contributed by atoms with Gasteiger partial charge >= 0.3 is 6.09 Å². The summed E-state index contributed by atoms with van der Waals surface area (Å²) in [7, 11) is 0. The van der Waals surface area contributed by atoms with Gasteiger partial charge in [0.2, 0.25) is 0 Å². The predicted molar refractivity (Wildman–Crippen MR) is 49.1 cm³/mol. The summed E-state index contributed by atoms with van der Waals surface area (Å²) in [6.45, 7) is 8.64. The zero-order chi connectivity index (χ0) is 9.56. The van der Waals surface area contributed by atoms with Crippen molar-refractivity contribution >= 4 is 6.09 Å². The number of amides is 1. The molecule has 0 aromatic carbocycles. The van der Waals surface area contributed by atoms with Crippen molar-refractivity contribution in [2.24, 2.45) is 5.92 Å². The monoisotopic (exact) mass is 173 g/mol. The fourth-order valence-electron chi connectivity index (χ4n) is 0.595. The second kappa shape index (κ2) is 5.86. The van der Waals surface area contributed by atoms with Crippen LogP contribution in [0, 0.1) is 5.92 Å². The van der Waals surface area contributed by atoms with E-state index < -0.39 is 0 Å². The van der Waals surface area contributed by atoms with Gasteiger partial charge in [-0.15, -0.1) is 0 Å². The first-order valence-electron chi connectivity index (χ1n) is 4.50. The topological polar surface area (TPSA) is 38.3 Å². The van der Waals surface area contributed by atoms with E-state index in [0.29, 0.717) is 12.5 Å². The molecule has 1 N–H and O–H groups in total. The van der Waals surface area contributed by atoms with Gasteiger partial charge in [-0.3, -0.25) is 0 Å². The Morgan fingerprint density at radius 1 is 1.42 bits per heavy atom. The summed E-state index contributed by atoms with van der Waals surface area (Å²) in [6.07, 6.45) is 0.560. The first kappa shape index (κ1) is 11.3. The first-order chi connectivity index (χ1) is 5.56. The summed E-state index contributed by atoms with van der Waals surface area (Å²) in [5, 5.41) is 2.69. The molecular formula is C9H19NO2. The Morgan fingerprint density at radius 2 is 2.00 bits per heavy atom. The smallest absolute Gasteiger partial charge is 0.407 e. The standard InChI is InChI=1S/C9H19NO2/c1-5-8(4)12-9(11)10-6-7(2)3/h7-8H,5-6H2,1-4H3,(H,10,11). The number of carbonyl (C=O) groups excluding carboxylic acids is 1. The Hall–Kier alpha value is -0.730. The molecule has 0 radical (unpaired) electrons. The minimum atomic E-state index is -0.307. The van der Waals surface area contributed by atoms with Gasteiger partial charge in [0.25, 0.3) is 0 Å². The number of hydrogen-bond donors (Lipinski definition) is 1. The fourth-order valence-corrected chi connectivity index (χ4v) is 0.595. The number of hydrogen-bond acceptors (Lipinski definition) is 2. The van der Waals surface area contributed by atoms with Crippen molar-refractivity contribution in [3.8, 4) is 0 Å². The van der Waals surface area contributed by atoms with Crippen LogP contribution in [-0.2, 0) is 4.74 Å². The van der Waals surface area contributed by atoms with Crippen molar-refractivity contribution in [2.45, 2.75) is 40.2 Å². The number of alkyl carbamates (subject to hydrolysis) is 1. The molecule has 1 amide bonds. The predicted octanol–water partition coefficient (Wildman–Crippen LogP) is 2.17. The molecule has 1 atom stereocenters. The molecule has 3 heteroatoms. The maximum atomic E-state index is 11.0. The Bertz CT molecular complexity index is 134. The lowest BCUT2D eigenvalue weighted by Gasteiger charge is -2.12. The van der Waals surface area contributed by atoms with E-state index in [1.807, 2.05) is 27.7 Å². The van der Waals surface area contributed by atoms with Crippen LogP contribution in [0.1, 0.15) is 34.1 Å². The summed E-state index contributed by atoms with van der Waals surface area (Å²) in [4.78, 5) is 11.0. The van der Waals surface area contributed by atoms with Crippen molar-refractivity contribution in [3.63, 3.8) is 0 Å². The Kier molecular flexibility index (Phi) is 5.51. The van der Waals surface area contributed by atoms with Gasteiger partial charge in [-0.25, -0.2) is 4.79 Å². The van der Waals surface area contributed by atoms with Crippen molar-refractivity contribution < 1.29 is 9.53 Å². The fraction of sp³-hybridized carbons (Fsp3) is 0.889. The van der Waals surface area contributed by atoms with Crippen molar-refractivity contribution in [1.29, 1.82) is 0 Å². The molecule has 0 spiro atoms. The number of carbonyl (C=O) groups is 1. The van der Waals surface area contributed by atoms with E-state index in [1.165, 1.54) is 0 Å². The van der Waals surface area contributed by atoms with E-state index >= 15 is 0 Å². The van der Waals surface area contributed by atoms with Crippen LogP contribution in [0.2, 0.25) is 0 Å². The van der Waals surface area contributed by atoms with E-state index in [4.69, 9.17) is 4.74 Å². The van der Waals surface area contributed by atoms with Crippen molar-refractivity contribution in [3.05, 3.63) is 0 Å². The highest BCUT2D eigenvalue weighted by atomic mass is 16.6. The molecule has 0 rings (SSSR count). The third kappa shape index (κ3) is 6.01. The molecule has 0 aromatic rings. The lowest BCUT2D eigenvalue weighted by atomic mass is 10.2. The molecule has 0 bridgehead atoms. The third-order valence-electron chi connectivity index (χ3n) is 1.54.